The first-order chi connectivity index (χ1) is 12.5. The van der Waals surface area contributed by atoms with Gasteiger partial charge in [0.05, 0.1) is 0 Å². The molecule has 0 radical (unpaired) electrons. The largest absolute Gasteiger partial charge is 0.435 e. The Morgan fingerprint density at radius 2 is 1.85 bits per heavy atom. The zero-order chi connectivity index (χ0) is 18.8. The lowest BCUT2D eigenvalue weighted by atomic mass is 10.1. The van der Waals surface area contributed by atoms with E-state index in [4.69, 9.17) is 0 Å². The smallest absolute Gasteiger partial charge is 0.387 e. The molecule has 0 unspecified atom stereocenters. The third-order valence-electron chi connectivity index (χ3n) is 3.53. The summed E-state index contributed by atoms with van der Waals surface area (Å²) in [5.74, 6) is -0.115. The molecule has 0 aliphatic carbocycles. The molecule has 1 aromatic heterocycles. The average molecular weight is 382 g/mol. The summed E-state index contributed by atoms with van der Waals surface area (Å²) < 4.78 is 28.4. The maximum Gasteiger partial charge on any atom is 0.387 e. The molecule has 0 aliphatic heterocycles. The van der Waals surface area contributed by atoms with E-state index in [2.05, 4.69) is 15.4 Å². The lowest BCUT2D eigenvalue weighted by Gasteiger charge is -2.08. The summed E-state index contributed by atoms with van der Waals surface area (Å²) in [6, 6.07) is 8.06. The molecule has 0 saturated heterocycles. The second-order valence-corrected chi connectivity index (χ2v) is 6.27. The number of nitrogens with one attached hydrogen (secondary N) is 2. The summed E-state index contributed by atoms with van der Waals surface area (Å²) in [6.07, 6.45) is 1.47. The van der Waals surface area contributed by atoms with Crippen LogP contribution in [0.2, 0.25) is 0 Å². The van der Waals surface area contributed by atoms with Crippen molar-refractivity contribution in [3.63, 3.8) is 0 Å². The highest BCUT2D eigenvalue weighted by Crippen LogP contribution is 2.15. The number of alkyl halides is 2. The van der Waals surface area contributed by atoms with Crippen molar-refractivity contribution < 1.29 is 23.1 Å². The SMILES string of the molecule is O=C(CCCNC(=O)c1ccsc1)NCCc1ccc(OC(F)F)cc1. The third-order valence-corrected chi connectivity index (χ3v) is 4.22. The molecular weight excluding hydrogens is 362 g/mol. The van der Waals surface area contributed by atoms with Crippen molar-refractivity contribution in [2.24, 2.45) is 0 Å². The Morgan fingerprint density at radius 3 is 2.50 bits per heavy atom. The van der Waals surface area contributed by atoms with Gasteiger partial charge in [-0.05, 0) is 42.0 Å². The number of benzene rings is 1. The van der Waals surface area contributed by atoms with E-state index in [0.29, 0.717) is 37.9 Å². The van der Waals surface area contributed by atoms with E-state index in [1.807, 2.05) is 5.38 Å². The molecule has 140 valence electrons. The van der Waals surface area contributed by atoms with Crippen LogP contribution in [0.4, 0.5) is 8.78 Å². The van der Waals surface area contributed by atoms with Crippen molar-refractivity contribution in [3.05, 3.63) is 52.2 Å². The summed E-state index contributed by atoms with van der Waals surface area (Å²) in [5, 5.41) is 9.16. The standard InChI is InChI=1S/C18H20F2N2O3S/c19-18(20)25-15-5-3-13(4-6-15)7-10-21-16(23)2-1-9-22-17(24)14-8-11-26-12-14/h3-6,8,11-12,18H,1-2,7,9-10H2,(H,21,23)(H,22,24). The van der Waals surface area contributed by atoms with Gasteiger partial charge in [0.25, 0.3) is 5.91 Å². The summed E-state index contributed by atoms with van der Waals surface area (Å²) in [6.45, 7) is -1.95. The quantitative estimate of drug-likeness (QED) is 0.620. The number of hydrogen-bond acceptors (Lipinski definition) is 4. The summed E-state index contributed by atoms with van der Waals surface area (Å²) in [4.78, 5) is 23.5. The molecule has 8 heteroatoms. The van der Waals surface area contributed by atoms with Gasteiger partial charge in [0, 0.05) is 30.5 Å². The van der Waals surface area contributed by atoms with Gasteiger partial charge >= 0.3 is 6.61 Å². The van der Waals surface area contributed by atoms with E-state index >= 15 is 0 Å². The van der Waals surface area contributed by atoms with Crippen LogP contribution in [0.3, 0.4) is 0 Å². The van der Waals surface area contributed by atoms with E-state index < -0.39 is 6.61 Å². The van der Waals surface area contributed by atoms with Gasteiger partial charge < -0.3 is 15.4 Å². The van der Waals surface area contributed by atoms with E-state index in [9.17, 15) is 18.4 Å². The fourth-order valence-electron chi connectivity index (χ4n) is 2.22. The molecule has 0 saturated carbocycles. The van der Waals surface area contributed by atoms with Crippen molar-refractivity contribution in [2.75, 3.05) is 13.1 Å². The third kappa shape index (κ3) is 7.18. The van der Waals surface area contributed by atoms with E-state index in [0.717, 1.165) is 5.56 Å². The first kappa shape index (κ1) is 19.8. The van der Waals surface area contributed by atoms with Gasteiger partial charge in [0.1, 0.15) is 5.75 Å². The normalized spacial score (nSPS) is 10.6. The van der Waals surface area contributed by atoms with Crippen LogP contribution in [-0.2, 0) is 11.2 Å². The number of rotatable bonds is 10. The highest BCUT2D eigenvalue weighted by atomic mass is 32.1. The van der Waals surface area contributed by atoms with Gasteiger partial charge in [-0.1, -0.05) is 12.1 Å². The highest BCUT2D eigenvalue weighted by molar-refractivity contribution is 7.08. The Morgan fingerprint density at radius 1 is 1.08 bits per heavy atom. The van der Waals surface area contributed by atoms with E-state index in [1.54, 1.807) is 23.6 Å². The molecule has 5 nitrogen and oxygen atoms in total. The van der Waals surface area contributed by atoms with Gasteiger partial charge in [-0.3, -0.25) is 9.59 Å². The van der Waals surface area contributed by atoms with Gasteiger partial charge in [-0.25, -0.2) is 0 Å². The van der Waals surface area contributed by atoms with E-state index in [1.165, 1.54) is 23.5 Å². The summed E-state index contributed by atoms with van der Waals surface area (Å²) in [5.41, 5.74) is 1.54. The lowest BCUT2D eigenvalue weighted by Crippen LogP contribution is -2.28. The van der Waals surface area contributed by atoms with Crippen LogP contribution < -0.4 is 15.4 Å². The predicted molar refractivity (Wildman–Crippen MR) is 95.7 cm³/mol. The Bertz CT molecular complexity index is 691. The molecule has 0 fully saturated rings. The number of carbonyl (C=O) groups excluding carboxylic acids is 2. The first-order valence-electron chi connectivity index (χ1n) is 8.15. The maximum absolute atomic E-state index is 12.1. The number of hydrogen-bond donors (Lipinski definition) is 2. The number of thiophene rings is 1. The van der Waals surface area contributed by atoms with E-state index in [-0.39, 0.29) is 17.6 Å². The topological polar surface area (TPSA) is 67.4 Å². The Hall–Kier alpha value is -2.48. The molecular formula is C18H20F2N2O3S. The molecule has 0 aliphatic rings. The predicted octanol–water partition coefficient (Wildman–Crippen LogP) is 3.22. The number of halogens is 2. The minimum atomic E-state index is -2.84. The molecule has 26 heavy (non-hydrogen) atoms. The van der Waals surface area contributed by atoms with Gasteiger partial charge in [-0.2, -0.15) is 20.1 Å². The molecule has 2 amide bonds. The van der Waals surface area contributed by atoms with Crippen molar-refractivity contribution in [1.82, 2.24) is 10.6 Å². The zero-order valence-corrected chi connectivity index (χ0v) is 14.9. The monoisotopic (exact) mass is 382 g/mol. The fourth-order valence-corrected chi connectivity index (χ4v) is 2.85. The van der Waals surface area contributed by atoms with Crippen LogP contribution in [0.15, 0.2) is 41.1 Å². The minimum absolute atomic E-state index is 0.0903. The summed E-state index contributed by atoms with van der Waals surface area (Å²) >= 11 is 1.46. The second-order valence-electron chi connectivity index (χ2n) is 5.49. The zero-order valence-electron chi connectivity index (χ0n) is 14.0. The fraction of sp³-hybridized carbons (Fsp3) is 0.333. The van der Waals surface area contributed by atoms with Gasteiger partial charge in [-0.15, -0.1) is 0 Å². The second kappa shape index (κ2) is 10.5. The lowest BCUT2D eigenvalue weighted by molar-refractivity contribution is -0.121. The molecule has 1 heterocycles. The molecule has 2 rings (SSSR count). The molecule has 0 spiro atoms. The van der Waals surface area contributed by atoms with Crippen LogP contribution in [0.1, 0.15) is 28.8 Å². The molecule has 2 aromatic rings. The number of amides is 2. The van der Waals surface area contributed by atoms with Crippen molar-refractivity contribution in [2.45, 2.75) is 25.9 Å². The van der Waals surface area contributed by atoms with Gasteiger partial charge in [0.2, 0.25) is 5.91 Å². The number of carbonyl (C=O) groups is 2. The van der Waals surface area contributed by atoms with Crippen molar-refractivity contribution >= 4 is 23.2 Å². The average Bonchev–Trinajstić information content (AvgIpc) is 3.14. The first-order valence-corrected chi connectivity index (χ1v) is 9.09. The molecule has 0 bridgehead atoms. The molecule has 1 aromatic carbocycles. The van der Waals surface area contributed by atoms with Crippen LogP contribution in [0.5, 0.6) is 5.75 Å². The summed E-state index contributed by atoms with van der Waals surface area (Å²) in [7, 11) is 0. The molecule has 2 N–H and O–H groups in total. The number of ether oxygens (including phenoxy) is 1. The maximum atomic E-state index is 12.1. The Labute approximate surface area is 154 Å². The van der Waals surface area contributed by atoms with Crippen LogP contribution in [0, 0.1) is 0 Å². The minimum Gasteiger partial charge on any atom is -0.435 e. The van der Waals surface area contributed by atoms with Crippen molar-refractivity contribution in [3.8, 4) is 5.75 Å². The van der Waals surface area contributed by atoms with Crippen LogP contribution >= 0.6 is 11.3 Å². The molecule has 0 atom stereocenters. The van der Waals surface area contributed by atoms with Crippen molar-refractivity contribution in [1.29, 1.82) is 0 Å². The Kier molecular flexibility index (Phi) is 8.01. The van der Waals surface area contributed by atoms with Crippen LogP contribution in [-0.4, -0.2) is 31.5 Å². The van der Waals surface area contributed by atoms with Crippen LogP contribution in [0.25, 0.3) is 0 Å². The highest BCUT2D eigenvalue weighted by Gasteiger charge is 2.06. The Balaban J connectivity index is 1.56. The van der Waals surface area contributed by atoms with Gasteiger partial charge in [0.15, 0.2) is 0 Å².